The minimum Gasteiger partial charge on any atom is -0.507 e. The van der Waals surface area contributed by atoms with E-state index >= 15 is 0 Å². The maximum Gasteiger partial charge on any atom is 0.122 e. The monoisotopic (exact) mass is 203 g/mol. The molecule has 0 atom stereocenters. The number of benzene rings is 1. The topological polar surface area (TPSA) is 20.2 Å². The molecule has 1 fully saturated rings. The predicted octanol–water partition coefficient (Wildman–Crippen LogP) is 3.82. The molecule has 0 bridgehead atoms. The van der Waals surface area contributed by atoms with Crippen molar-refractivity contribution < 1.29 is 5.11 Å². The van der Waals surface area contributed by atoms with Gasteiger partial charge in [0.2, 0.25) is 0 Å². The van der Waals surface area contributed by atoms with E-state index in [9.17, 15) is 5.11 Å². The van der Waals surface area contributed by atoms with E-state index in [1.165, 1.54) is 32.1 Å². The van der Waals surface area contributed by atoms with Gasteiger partial charge in [-0.25, -0.2) is 0 Å². The summed E-state index contributed by atoms with van der Waals surface area (Å²) in [5.74, 6) is 1.07. The highest BCUT2D eigenvalue weighted by Crippen LogP contribution is 2.38. The van der Waals surface area contributed by atoms with Crippen LogP contribution in [0.5, 0.6) is 5.75 Å². The number of hydrogen-bond donors (Lipinski definition) is 1. The molecule has 1 heteroatoms. The van der Waals surface area contributed by atoms with Crippen LogP contribution in [0.4, 0.5) is 0 Å². The number of rotatable bonds is 2. The van der Waals surface area contributed by atoms with Crippen molar-refractivity contribution in [1.29, 1.82) is 0 Å². The van der Waals surface area contributed by atoms with Crippen LogP contribution in [0.2, 0.25) is 0 Å². The van der Waals surface area contributed by atoms with Gasteiger partial charge in [-0.05, 0) is 43.2 Å². The summed E-state index contributed by atoms with van der Waals surface area (Å²) in [4.78, 5) is 0. The zero-order chi connectivity index (χ0) is 10.7. The van der Waals surface area contributed by atoms with Gasteiger partial charge in [-0.1, -0.05) is 37.5 Å². The lowest BCUT2D eigenvalue weighted by Crippen LogP contribution is -2.05. The second kappa shape index (κ2) is 4.69. The van der Waals surface area contributed by atoms with Crippen molar-refractivity contribution in [3.63, 3.8) is 0 Å². The van der Waals surface area contributed by atoms with Crippen molar-refractivity contribution in [1.82, 2.24) is 0 Å². The van der Waals surface area contributed by atoms with Gasteiger partial charge in [-0.15, -0.1) is 0 Å². The molecule has 1 aromatic carbocycles. The maximum absolute atomic E-state index is 10.1. The van der Waals surface area contributed by atoms with Crippen molar-refractivity contribution in [3.8, 4) is 5.75 Å². The summed E-state index contributed by atoms with van der Waals surface area (Å²) in [5, 5.41) is 10.1. The fourth-order valence-corrected chi connectivity index (χ4v) is 2.56. The first-order valence-corrected chi connectivity index (χ1v) is 5.93. The third-order valence-electron chi connectivity index (χ3n) is 3.47. The highest BCUT2D eigenvalue weighted by Gasteiger charge is 2.19. The van der Waals surface area contributed by atoms with E-state index in [-0.39, 0.29) is 0 Å². The first kappa shape index (κ1) is 10.5. The lowest BCUT2D eigenvalue weighted by Gasteiger charge is -2.23. The molecule has 15 heavy (non-hydrogen) atoms. The molecule has 0 aromatic heterocycles. The molecule has 0 heterocycles. The van der Waals surface area contributed by atoms with Crippen LogP contribution in [-0.4, -0.2) is 5.11 Å². The fourth-order valence-electron chi connectivity index (χ4n) is 2.56. The first-order chi connectivity index (χ1) is 7.33. The minimum absolute atomic E-state index is 0.499. The van der Waals surface area contributed by atoms with Gasteiger partial charge in [0.1, 0.15) is 5.75 Å². The highest BCUT2D eigenvalue weighted by molar-refractivity contribution is 5.42. The van der Waals surface area contributed by atoms with Crippen molar-refractivity contribution in [2.24, 2.45) is 0 Å². The van der Waals surface area contributed by atoms with E-state index in [1.807, 2.05) is 12.1 Å². The van der Waals surface area contributed by atoms with Gasteiger partial charge in [0.25, 0.3) is 0 Å². The van der Waals surface area contributed by atoms with Crippen molar-refractivity contribution in [2.45, 2.75) is 44.4 Å². The second-order valence-corrected chi connectivity index (χ2v) is 4.44. The van der Waals surface area contributed by atoms with E-state index in [0.717, 1.165) is 11.1 Å². The van der Waals surface area contributed by atoms with Gasteiger partial charge in [-0.3, -0.25) is 0 Å². The molecule has 0 aliphatic heterocycles. The van der Waals surface area contributed by atoms with Crippen LogP contribution < -0.4 is 0 Å². The quantitative estimate of drug-likeness (QED) is 0.774. The van der Waals surface area contributed by atoms with Crippen LogP contribution in [0, 0.1) is 6.92 Å². The zero-order valence-corrected chi connectivity index (χ0v) is 9.21. The normalized spacial score (nSPS) is 17.9. The smallest absolute Gasteiger partial charge is 0.122 e. The molecule has 0 amide bonds. The third kappa shape index (κ3) is 2.17. The number of phenolic OH excluding ortho intramolecular Hbond substituents is 1. The number of aromatic hydroxyl groups is 1. The van der Waals surface area contributed by atoms with Gasteiger partial charge in [-0.2, -0.15) is 0 Å². The summed E-state index contributed by atoms with van der Waals surface area (Å²) in [7, 11) is 0. The van der Waals surface area contributed by atoms with Gasteiger partial charge < -0.3 is 5.11 Å². The SMILES string of the molecule is [CH2]Cc1cccc(C2CCCCC2)c1O. The Morgan fingerprint density at radius 1 is 1.20 bits per heavy atom. The molecule has 1 aliphatic rings. The molecule has 1 aliphatic carbocycles. The Morgan fingerprint density at radius 2 is 1.93 bits per heavy atom. The van der Waals surface area contributed by atoms with Gasteiger partial charge in [0, 0.05) is 0 Å². The molecule has 0 saturated heterocycles. The Morgan fingerprint density at radius 3 is 2.60 bits per heavy atom. The summed E-state index contributed by atoms with van der Waals surface area (Å²) in [6, 6.07) is 6.09. The van der Waals surface area contributed by atoms with Crippen molar-refractivity contribution in [2.75, 3.05) is 0 Å². The largest absolute Gasteiger partial charge is 0.507 e. The van der Waals surface area contributed by atoms with Crippen LogP contribution in [0.15, 0.2) is 18.2 Å². The molecule has 0 spiro atoms. The second-order valence-electron chi connectivity index (χ2n) is 4.44. The Bertz CT molecular complexity index is 324. The molecule has 1 N–H and O–H groups in total. The molecule has 1 nitrogen and oxygen atoms in total. The van der Waals surface area contributed by atoms with E-state index in [1.54, 1.807) is 0 Å². The standard InChI is InChI=1S/C14H19O/c1-2-11-9-6-10-13(14(11)15)12-7-4-3-5-8-12/h6,9-10,12,15H,1-5,7-8H2. The van der Waals surface area contributed by atoms with Crippen molar-refractivity contribution in [3.05, 3.63) is 36.2 Å². The number of phenols is 1. The van der Waals surface area contributed by atoms with Crippen LogP contribution >= 0.6 is 0 Å². The van der Waals surface area contributed by atoms with Gasteiger partial charge in [0.15, 0.2) is 0 Å². The van der Waals surface area contributed by atoms with Crippen molar-refractivity contribution >= 4 is 0 Å². The van der Waals surface area contributed by atoms with E-state index in [4.69, 9.17) is 0 Å². The maximum atomic E-state index is 10.1. The summed E-state index contributed by atoms with van der Waals surface area (Å²) >= 11 is 0. The molecule has 1 aromatic rings. The Balaban J connectivity index is 2.26. The highest BCUT2D eigenvalue weighted by atomic mass is 16.3. The summed E-state index contributed by atoms with van der Waals surface area (Å²) < 4.78 is 0. The van der Waals surface area contributed by atoms with E-state index in [2.05, 4.69) is 13.0 Å². The molecular weight excluding hydrogens is 184 g/mol. The Labute approximate surface area is 92.1 Å². The van der Waals surface area contributed by atoms with E-state index < -0.39 is 0 Å². The number of para-hydroxylation sites is 1. The molecule has 81 valence electrons. The van der Waals surface area contributed by atoms with Crippen LogP contribution in [0.1, 0.15) is 49.1 Å². The van der Waals surface area contributed by atoms with Crippen LogP contribution in [0.3, 0.4) is 0 Å². The fraction of sp³-hybridized carbons (Fsp3) is 0.500. The minimum atomic E-state index is 0.499. The average Bonchev–Trinajstić information content (AvgIpc) is 2.30. The lowest BCUT2D eigenvalue weighted by atomic mass is 9.83. The van der Waals surface area contributed by atoms with Gasteiger partial charge >= 0.3 is 0 Å². The van der Waals surface area contributed by atoms with Crippen LogP contribution in [0.25, 0.3) is 0 Å². The zero-order valence-electron chi connectivity index (χ0n) is 9.21. The van der Waals surface area contributed by atoms with E-state index in [0.29, 0.717) is 18.1 Å². The Kier molecular flexibility index (Phi) is 3.30. The molecule has 2 rings (SSSR count). The Hall–Kier alpha value is -0.980. The molecule has 1 radical (unpaired) electrons. The average molecular weight is 203 g/mol. The molecule has 1 saturated carbocycles. The predicted molar refractivity (Wildman–Crippen MR) is 63.0 cm³/mol. The first-order valence-electron chi connectivity index (χ1n) is 5.93. The molecule has 0 unspecified atom stereocenters. The third-order valence-corrected chi connectivity index (χ3v) is 3.47. The number of hydrogen-bond acceptors (Lipinski definition) is 1. The van der Waals surface area contributed by atoms with Gasteiger partial charge in [0.05, 0.1) is 0 Å². The summed E-state index contributed by atoms with van der Waals surface area (Å²) in [6.07, 6.45) is 7.10. The summed E-state index contributed by atoms with van der Waals surface area (Å²) in [6.45, 7) is 3.84. The lowest BCUT2D eigenvalue weighted by molar-refractivity contribution is 0.412. The van der Waals surface area contributed by atoms with Crippen LogP contribution in [-0.2, 0) is 6.42 Å². The summed E-state index contributed by atoms with van der Waals surface area (Å²) in [5.41, 5.74) is 2.13. The molecular formula is C14H19O.